The zero-order valence-corrected chi connectivity index (χ0v) is 45.1. The fraction of sp³-hybridized carbons (Fsp3) is 0.414. The number of aryl methyl sites for hydroxylation is 1. The number of allylic oxidation sites excluding steroid dienone is 1. The normalized spacial score (nSPS) is 24.0. The number of aliphatic hydroxyl groups is 2. The first-order valence-electron chi connectivity index (χ1n) is 26.8. The summed E-state index contributed by atoms with van der Waals surface area (Å²) in [6, 6.07) is 13.1. The van der Waals surface area contributed by atoms with E-state index in [1.54, 1.807) is 23.6 Å². The summed E-state index contributed by atoms with van der Waals surface area (Å²) < 4.78 is 67.6. The van der Waals surface area contributed by atoms with Gasteiger partial charge in [-0.3, -0.25) is 14.6 Å². The standard InChI is InChI=1S/C58H55ClF3N9O7S/c1-4-28(25-76-32-10-13-43-35(16-32)33(5-2)38-24-70-44(48(38)65-43)18-40-39(54(70)73)26-77-55(74)58(40,75)6-3)53(72)71-30-8-9-31(71)23-68(22-30)52-36-17-41(59)46(34-11-12-42(61)50-45(34)37(20-63)51(64)79-50)47(62)49(36)66-56(67-52)78-27-57-14-7-15-69(57)21-29(60)19-57/h4,10-13,16-18,29-31,53,72,75H,5-9,14-15,19,21-27,64H2,1-3H3/b28-4+/t29-,30?,31?,53?,57?,58?/m1/s1. The average Bonchev–Trinajstić information content (AvgIpc) is 4.30. The van der Waals surface area contributed by atoms with Crippen molar-refractivity contribution < 1.29 is 42.4 Å². The molecule has 4 aromatic heterocycles. The van der Waals surface area contributed by atoms with Crippen LogP contribution >= 0.6 is 22.9 Å². The Morgan fingerprint density at radius 3 is 2.61 bits per heavy atom. The number of alkyl halides is 1. The van der Waals surface area contributed by atoms with Gasteiger partial charge in [0.05, 0.1) is 49.8 Å². The number of carbonyl (C=O) groups excluding carboxylic acids is 1. The van der Waals surface area contributed by atoms with Crippen LogP contribution < -0.4 is 25.7 Å². The van der Waals surface area contributed by atoms with Crippen molar-refractivity contribution in [2.45, 2.75) is 114 Å². The van der Waals surface area contributed by atoms with E-state index >= 15 is 8.78 Å². The molecule has 2 bridgehead atoms. The van der Waals surface area contributed by atoms with Crippen LogP contribution in [0.4, 0.5) is 24.0 Å². The summed E-state index contributed by atoms with van der Waals surface area (Å²) in [5.41, 5.74) is 8.25. The first-order chi connectivity index (χ1) is 38.1. The summed E-state index contributed by atoms with van der Waals surface area (Å²) in [6.45, 7) is 7.65. The van der Waals surface area contributed by atoms with Crippen LogP contribution in [0.1, 0.15) is 87.1 Å². The second kappa shape index (κ2) is 19.2. The van der Waals surface area contributed by atoms with Crippen LogP contribution in [0.2, 0.25) is 5.02 Å². The number of nitrogens with zero attached hydrogens (tertiary/aromatic N) is 8. The van der Waals surface area contributed by atoms with Gasteiger partial charge in [0.15, 0.2) is 11.4 Å². The van der Waals surface area contributed by atoms with Gasteiger partial charge in [-0.1, -0.05) is 37.6 Å². The minimum Gasteiger partial charge on any atom is -0.489 e. The molecular weight excluding hydrogens is 1060 g/mol. The smallest absolute Gasteiger partial charge is 0.343 e. The highest BCUT2D eigenvalue weighted by atomic mass is 35.5. The predicted molar refractivity (Wildman–Crippen MR) is 293 cm³/mol. The summed E-state index contributed by atoms with van der Waals surface area (Å²) in [5, 5.41) is 35.1. The Labute approximate surface area is 460 Å². The van der Waals surface area contributed by atoms with Crippen molar-refractivity contribution in [2.75, 3.05) is 50.0 Å². The lowest BCUT2D eigenvalue weighted by atomic mass is 9.86. The molecule has 4 saturated heterocycles. The minimum atomic E-state index is -1.93. The van der Waals surface area contributed by atoms with Gasteiger partial charge in [-0.05, 0) is 99.5 Å². The topological polar surface area (TPSA) is 205 Å². The number of ether oxygens (including phenoxy) is 3. The number of cyclic esters (lactones) is 1. The summed E-state index contributed by atoms with van der Waals surface area (Å²) in [6.07, 6.45) is 3.95. The fourth-order valence-electron chi connectivity index (χ4n) is 13.7. The summed E-state index contributed by atoms with van der Waals surface area (Å²) in [4.78, 5) is 47.6. The molecule has 0 radical (unpaired) electrons. The van der Waals surface area contributed by atoms with Gasteiger partial charge < -0.3 is 39.6 Å². The number of pyridine rings is 2. The lowest BCUT2D eigenvalue weighted by Gasteiger charge is -2.44. The number of piperazine rings is 1. The third kappa shape index (κ3) is 7.93. The lowest BCUT2D eigenvalue weighted by Crippen LogP contribution is -2.58. The molecule has 4 fully saturated rings. The number of thiophene rings is 1. The molecule has 408 valence electrons. The second-order valence-electron chi connectivity index (χ2n) is 21.7. The zero-order valence-electron chi connectivity index (χ0n) is 43.5. The van der Waals surface area contributed by atoms with Crippen LogP contribution in [0.15, 0.2) is 58.9 Å². The number of halogens is 4. The van der Waals surface area contributed by atoms with E-state index in [0.717, 1.165) is 60.1 Å². The Balaban J connectivity index is 0.781. The Morgan fingerprint density at radius 2 is 1.86 bits per heavy atom. The van der Waals surface area contributed by atoms with Gasteiger partial charge in [0, 0.05) is 76.6 Å². The van der Waals surface area contributed by atoms with E-state index in [1.807, 2.05) is 38.1 Å². The highest BCUT2D eigenvalue weighted by molar-refractivity contribution is 7.23. The van der Waals surface area contributed by atoms with E-state index in [2.05, 4.69) is 25.8 Å². The number of nitrogens with two attached hydrogens (primary N) is 1. The van der Waals surface area contributed by atoms with E-state index in [4.69, 9.17) is 41.5 Å². The lowest BCUT2D eigenvalue weighted by molar-refractivity contribution is -0.172. The largest absolute Gasteiger partial charge is 0.489 e. The molecule has 0 saturated carbocycles. The molecule has 79 heavy (non-hydrogen) atoms. The SMILES string of the molecule is C/C=C(\COc1ccc2nc3c(c(CC)c2c1)Cn1c-3cc2c(c1=O)COC(=O)C2(O)CC)C(O)N1C2CCC1CN(c1nc(OCC34CCCN3C[C@H](F)C4)nc3c(F)c(-c4ccc(F)c5sc(N)c(C#N)c45)c(Cl)cc13)C2. The van der Waals surface area contributed by atoms with Crippen molar-refractivity contribution in [3.63, 3.8) is 0 Å². The van der Waals surface area contributed by atoms with Gasteiger partial charge in [0.25, 0.3) is 5.56 Å². The maximum absolute atomic E-state index is 17.6. The van der Waals surface area contributed by atoms with Gasteiger partial charge >= 0.3 is 12.0 Å². The molecule has 5 unspecified atom stereocenters. The average molecular weight is 1110 g/mol. The second-order valence-corrected chi connectivity index (χ2v) is 23.2. The van der Waals surface area contributed by atoms with Gasteiger partial charge in [-0.15, -0.1) is 11.3 Å². The molecule has 0 amide bonds. The maximum atomic E-state index is 17.6. The number of hydrogen-bond acceptors (Lipinski definition) is 16. The third-order valence-corrected chi connectivity index (χ3v) is 19.0. The molecule has 4 N–H and O–H groups in total. The van der Waals surface area contributed by atoms with Gasteiger partial charge in [0.1, 0.15) is 66.2 Å². The third-order valence-electron chi connectivity index (χ3n) is 17.6. The van der Waals surface area contributed by atoms with Crippen LogP contribution in [0.3, 0.4) is 0 Å². The molecule has 6 atom stereocenters. The maximum Gasteiger partial charge on any atom is 0.343 e. The van der Waals surface area contributed by atoms with Crippen molar-refractivity contribution in [3.05, 3.63) is 109 Å². The van der Waals surface area contributed by atoms with Crippen molar-refractivity contribution in [2.24, 2.45) is 0 Å². The van der Waals surface area contributed by atoms with Gasteiger partial charge in [-0.2, -0.15) is 15.2 Å². The van der Waals surface area contributed by atoms with E-state index < -0.39 is 41.1 Å². The molecule has 7 aromatic rings. The number of hydrogen-bond donors (Lipinski definition) is 3. The fourth-order valence-corrected chi connectivity index (χ4v) is 14.9. The minimum absolute atomic E-state index is 0.0137. The number of nitrogen functional groups attached to an aromatic ring is 1. The molecule has 6 aliphatic rings. The van der Waals surface area contributed by atoms with E-state index in [0.29, 0.717) is 71.9 Å². The van der Waals surface area contributed by atoms with Crippen LogP contribution in [0.5, 0.6) is 11.8 Å². The van der Waals surface area contributed by atoms with Gasteiger partial charge in [0.2, 0.25) is 0 Å². The molecule has 6 aliphatic heterocycles. The first-order valence-corrected chi connectivity index (χ1v) is 28.0. The summed E-state index contributed by atoms with van der Waals surface area (Å²) in [7, 11) is 0. The van der Waals surface area contributed by atoms with Crippen LogP contribution in [-0.4, -0.2) is 115 Å². The number of nitriles is 1. The zero-order chi connectivity index (χ0) is 55.0. The number of fused-ring (bicyclic) bond motifs is 10. The Kier molecular flexibility index (Phi) is 12.5. The van der Waals surface area contributed by atoms with Crippen LogP contribution in [0.25, 0.3) is 54.4 Å². The number of carbonyl (C=O) groups is 1. The molecule has 16 nitrogen and oxygen atoms in total. The quantitative estimate of drug-likeness (QED) is 0.0772. The molecule has 0 spiro atoms. The molecule has 21 heteroatoms. The van der Waals surface area contributed by atoms with E-state index in [-0.39, 0.29) is 110 Å². The van der Waals surface area contributed by atoms with Crippen molar-refractivity contribution >= 4 is 71.6 Å². The van der Waals surface area contributed by atoms with Crippen molar-refractivity contribution in [1.82, 2.24) is 29.3 Å². The Morgan fingerprint density at radius 1 is 1.06 bits per heavy atom. The molecular formula is C58H55ClF3N9O7S. The predicted octanol–water partition coefficient (Wildman–Crippen LogP) is 8.80. The molecule has 3 aromatic carbocycles. The van der Waals surface area contributed by atoms with E-state index in [1.165, 1.54) is 12.1 Å². The summed E-state index contributed by atoms with van der Waals surface area (Å²) >= 11 is 7.96. The van der Waals surface area contributed by atoms with E-state index in [9.17, 15) is 29.5 Å². The number of aromatic nitrogens is 4. The number of rotatable bonds is 12. The monoisotopic (exact) mass is 1110 g/mol. The molecule has 0 aliphatic carbocycles. The summed E-state index contributed by atoms with van der Waals surface area (Å²) in [5.74, 6) is -1.28. The molecule has 10 heterocycles. The number of benzene rings is 3. The number of anilines is 2. The number of esters is 1. The van der Waals surface area contributed by atoms with Crippen molar-refractivity contribution in [1.29, 1.82) is 5.26 Å². The Hall–Kier alpha value is -6.86. The van der Waals surface area contributed by atoms with Gasteiger partial charge in [-0.25, -0.2) is 22.9 Å². The Bertz CT molecular complexity index is 3890. The highest BCUT2D eigenvalue weighted by Crippen LogP contribution is 2.48. The highest BCUT2D eigenvalue weighted by Gasteiger charge is 2.50. The first kappa shape index (κ1) is 51.6. The van der Waals surface area contributed by atoms with Crippen LogP contribution in [0, 0.1) is 23.0 Å². The number of aliphatic hydroxyl groups excluding tert-OH is 1. The van der Waals surface area contributed by atoms with Crippen molar-refractivity contribution in [3.8, 4) is 40.3 Å². The molecule has 13 rings (SSSR count). The van der Waals surface area contributed by atoms with Crippen LogP contribution in [-0.2, 0) is 34.7 Å².